The minimum absolute atomic E-state index is 0.176. The van der Waals surface area contributed by atoms with Gasteiger partial charge in [0, 0.05) is 25.1 Å². The van der Waals surface area contributed by atoms with E-state index in [2.05, 4.69) is 14.8 Å². The van der Waals surface area contributed by atoms with E-state index in [-0.39, 0.29) is 12.4 Å². The number of nitrogens with zero attached hydrogens (tertiary/aromatic N) is 1. The van der Waals surface area contributed by atoms with Crippen LogP contribution in [0.15, 0.2) is 52.2 Å². The van der Waals surface area contributed by atoms with Crippen molar-refractivity contribution in [2.75, 3.05) is 20.3 Å². The third-order valence-electron chi connectivity index (χ3n) is 5.67. The van der Waals surface area contributed by atoms with Gasteiger partial charge in [-0.05, 0) is 19.1 Å². The first-order chi connectivity index (χ1) is 16.2. The van der Waals surface area contributed by atoms with Gasteiger partial charge in [-0.2, -0.15) is 5.09 Å². The van der Waals surface area contributed by atoms with Crippen LogP contribution in [0.5, 0.6) is 5.75 Å². The van der Waals surface area contributed by atoms with Crippen LogP contribution in [0.2, 0.25) is 0 Å². The van der Waals surface area contributed by atoms with Gasteiger partial charge in [-0.25, -0.2) is 9.36 Å². The molecule has 0 amide bonds. The molecule has 12 nitrogen and oxygen atoms in total. The number of benzene rings is 1. The first-order valence-electron chi connectivity index (χ1n) is 10.7. The summed E-state index contributed by atoms with van der Waals surface area (Å²) in [7, 11) is -2.83. The van der Waals surface area contributed by atoms with E-state index in [0.29, 0.717) is 19.4 Å². The van der Waals surface area contributed by atoms with E-state index in [4.69, 9.17) is 18.5 Å². The molecule has 2 aromatic rings. The highest BCUT2D eigenvalue weighted by Gasteiger charge is 2.55. The Kier molecular flexibility index (Phi) is 7.06. The van der Waals surface area contributed by atoms with Crippen LogP contribution in [0.3, 0.4) is 0 Å². The summed E-state index contributed by atoms with van der Waals surface area (Å²) >= 11 is 0. The monoisotopic (exact) mass is 495 g/mol. The van der Waals surface area contributed by atoms with Crippen molar-refractivity contribution in [1.82, 2.24) is 14.6 Å². The molecule has 34 heavy (non-hydrogen) atoms. The van der Waals surface area contributed by atoms with Crippen molar-refractivity contribution in [2.24, 2.45) is 0 Å². The standard InChI is InChI=1S/C21H26N3O9P/c1-14(18(26)29-2)23-34(28,33-15-6-4-3-5-7-15)31-13-16-12-21(9-11-30-21)19(32-16)24-10-8-17(25)22-20(24)27/h3-8,10,14,16,19H,9,11-13H2,1-2H3,(H,23,28)(H,22,25,27)/t14-,16?,19?,21-,34?/m0/s1. The van der Waals surface area contributed by atoms with E-state index in [9.17, 15) is 18.9 Å². The van der Waals surface area contributed by atoms with E-state index >= 15 is 0 Å². The van der Waals surface area contributed by atoms with Gasteiger partial charge in [-0.1, -0.05) is 18.2 Å². The minimum atomic E-state index is -4.04. The number of carbonyl (C=O) groups is 1. The fourth-order valence-corrected chi connectivity index (χ4v) is 5.47. The molecule has 1 aromatic heterocycles. The maximum atomic E-state index is 13.5. The normalized spacial score (nSPS) is 26.4. The first-order valence-corrected chi connectivity index (χ1v) is 12.2. The van der Waals surface area contributed by atoms with E-state index in [1.165, 1.54) is 30.9 Å². The molecule has 0 aliphatic carbocycles. The molecule has 0 saturated carbocycles. The summed E-state index contributed by atoms with van der Waals surface area (Å²) in [5, 5.41) is 2.58. The summed E-state index contributed by atoms with van der Waals surface area (Å²) in [5.74, 6) is -0.365. The molecule has 1 spiro atoms. The molecule has 0 bridgehead atoms. The second-order valence-corrected chi connectivity index (χ2v) is 9.76. The molecule has 3 unspecified atom stereocenters. The summed E-state index contributed by atoms with van der Waals surface area (Å²) in [6.45, 7) is 1.79. The zero-order valence-electron chi connectivity index (χ0n) is 18.7. The van der Waals surface area contributed by atoms with Gasteiger partial charge < -0.3 is 18.7 Å². The predicted octanol–water partition coefficient (Wildman–Crippen LogP) is 1.34. The molecule has 2 aliphatic rings. The molecule has 2 fully saturated rings. The van der Waals surface area contributed by atoms with Crippen LogP contribution in [-0.4, -0.2) is 53.6 Å². The molecule has 2 saturated heterocycles. The number of rotatable bonds is 9. The van der Waals surface area contributed by atoms with Crippen molar-refractivity contribution in [1.29, 1.82) is 0 Å². The van der Waals surface area contributed by atoms with Crippen LogP contribution >= 0.6 is 7.75 Å². The van der Waals surface area contributed by atoms with Crippen molar-refractivity contribution >= 4 is 13.7 Å². The molecule has 1 aromatic carbocycles. The lowest BCUT2D eigenvalue weighted by Crippen LogP contribution is -2.50. The number of aromatic amines is 1. The smallest absolute Gasteiger partial charge is 0.459 e. The fourth-order valence-electron chi connectivity index (χ4n) is 3.95. The largest absolute Gasteiger partial charge is 0.468 e. The Balaban J connectivity index is 1.50. The second-order valence-electron chi connectivity index (χ2n) is 8.07. The predicted molar refractivity (Wildman–Crippen MR) is 118 cm³/mol. The quantitative estimate of drug-likeness (QED) is 0.386. The lowest BCUT2D eigenvalue weighted by Gasteiger charge is -2.42. The highest BCUT2D eigenvalue weighted by Crippen LogP contribution is 2.50. The Morgan fingerprint density at radius 3 is 2.68 bits per heavy atom. The molecule has 184 valence electrons. The Hall–Kier alpha value is -2.76. The van der Waals surface area contributed by atoms with E-state index < -0.39 is 48.9 Å². The van der Waals surface area contributed by atoms with Gasteiger partial charge in [0.25, 0.3) is 5.56 Å². The highest BCUT2D eigenvalue weighted by atomic mass is 31.2. The summed E-state index contributed by atoms with van der Waals surface area (Å²) in [5.41, 5.74) is -1.92. The third-order valence-corrected chi connectivity index (χ3v) is 7.31. The molecule has 0 radical (unpaired) electrons. The molecule has 5 atom stereocenters. The number of para-hydroxylation sites is 1. The Morgan fingerprint density at radius 1 is 1.32 bits per heavy atom. The lowest BCUT2D eigenvalue weighted by atomic mass is 9.89. The maximum Gasteiger partial charge on any atom is 0.459 e. The maximum absolute atomic E-state index is 13.5. The first kappa shape index (κ1) is 24.4. The number of carbonyl (C=O) groups excluding carboxylic acids is 1. The van der Waals surface area contributed by atoms with Gasteiger partial charge in [0.05, 0.1) is 26.4 Å². The van der Waals surface area contributed by atoms with Crippen LogP contribution in [0, 0.1) is 0 Å². The average Bonchev–Trinajstić information content (AvgIpc) is 3.18. The zero-order valence-corrected chi connectivity index (χ0v) is 19.6. The second kappa shape index (κ2) is 9.85. The van der Waals surface area contributed by atoms with Crippen molar-refractivity contribution in [2.45, 2.75) is 43.7 Å². The number of H-pyrrole nitrogens is 1. The van der Waals surface area contributed by atoms with Gasteiger partial charge >= 0.3 is 19.4 Å². The molecule has 13 heteroatoms. The van der Waals surface area contributed by atoms with Crippen molar-refractivity contribution in [3.8, 4) is 5.75 Å². The number of esters is 1. The van der Waals surface area contributed by atoms with E-state index in [1.54, 1.807) is 30.3 Å². The molecular weight excluding hydrogens is 469 g/mol. The topological polar surface area (TPSA) is 147 Å². The number of methoxy groups -OCH3 is 1. The van der Waals surface area contributed by atoms with Crippen LogP contribution in [0.1, 0.15) is 26.0 Å². The summed E-state index contributed by atoms with van der Waals surface area (Å²) < 4.78 is 42.6. The number of nitrogens with one attached hydrogen (secondary N) is 2. The van der Waals surface area contributed by atoms with Crippen LogP contribution in [-0.2, 0) is 28.1 Å². The molecule has 2 aliphatic heterocycles. The number of ether oxygens (including phenoxy) is 3. The number of hydrogen-bond donors (Lipinski definition) is 2. The lowest BCUT2D eigenvalue weighted by molar-refractivity contribution is -0.201. The fraction of sp³-hybridized carbons (Fsp3) is 0.476. The minimum Gasteiger partial charge on any atom is -0.468 e. The third kappa shape index (κ3) is 5.16. The average molecular weight is 495 g/mol. The number of hydrogen-bond acceptors (Lipinski definition) is 9. The summed E-state index contributed by atoms with van der Waals surface area (Å²) in [6, 6.07) is 8.62. The van der Waals surface area contributed by atoms with Gasteiger partial charge in [0.2, 0.25) is 0 Å². The van der Waals surface area contributed by atoms with Gasteiger partial charge in [-0.3, -0.25) is 23.7 Å². The number of aromatic nitrogens is 2. The van der Waals surface area contributed by atoms with Crippen molar-refractivity contribution < 1.29 is 32.6 Å². The van der Waals surface area contributed by atoms with Crippen LogP contribution in [0.4, 0.5) is 0 Å². The van der Waals surface area contributed by atoms with Crippen LogP contribution in [0.25, 0.3) is 0 Å². The Bertz CT molecular complexity index is 1180. The molecule has 2 N–H and O–H groups in total. The zero-order chi connectivity index (χ0) is 24.3. The van der Waals surface area contributed by atoms with Gasteiger partial charge in [0.1, 0.15) is 17.4 Å². The Morgan fingerprint density at radius 2 is 2.06 bits per heavy atom. The summed E-state index contributed by atoms with van der Waals surface area (Å²) in [4.78, 5) is 37.8. The highest BCUT2D eigenvalue weighted by molar-refractivity contribution is 7.52. The van der Waals surface area contributed by atoms with Gasteiger partial charge in [0.15, 0.2) is 6.23 Å². The SMILES string of the molecule is COC(=O)[C@H](C)NP(=O)(OCC1C[C@@]2(CCO2)C(n2ccc(=O)[nH]c2=O)O1)Oc1ccccc1. The van der Waals surface area contributed by atoms with E-state index in [0.717, 1.165) is 0 Å². The molecule has 4 rings (SSSR count). The summed E-state index contributed by atoms with van der Waals surface area (Å²) in [6.07, 6.45) is 0.945. The van der Waals surface area contributed by atoms with E-state index in [1.807, 2.05) is 0 Å². The molecular formula is C21H26N3O9P. The van der Waals surface area contributed by atoms with Gasteiger partial charge in [-0.15, -0.1) is 0 Å². The van der Waals surface area contributed by atoms with Crippen molar-refractivity contribution in [3.63, 3.8) is 0 Å². The van der Waals surface area contributed by atoms with Crippen molar-refractivity contribution in [3.05, 3.63) is 63.4 Å². The van der Waals surface area contributed by atoms with Crippen LogP contribution < -0.4 is 20.9 Å². The Labute approximate surface area is 194 Å². The molecule has 3 heterocycles.